The first-order chi connectivity index (χ1) is 14.4. The highest BCUT2D eigenvalue weighted by atomic mass is 16.7. The summed E-state index contributed by atoms with van der Waals surface area (Å²) in [6.07, 6.45) is 5.29. The van der Waals surface area contributed by atoms with Gasteiger partial charge in [-0.3, -0.25) is 9.59 Å². The van der Waals surface area contributed by atoms with Gasteiger partial charge in [0.15, 0.2) is 11.5 Å². The molecule has 0 unspecified atom stereocenters. The van der Waals surface area contributed by atoms with Crippen molar-refractivity contribution in [1.82, 2.24) is 0 Å². The van der Waals surface area contributed by atoms with E-state index in [4.69, 9.17) is 9.47 Å². The highest BCUT2D eigenvalue weighted by Gasteiger charge is 2.58. The lowest BCUT2D eigenvalue weighted by Gasteiger charge is -2.53. The van der Waals surface area contributed by atoms with Crippen LogP contribution in [0.2, 0.25) is 0 Å². The molecule has 0 amide bonds. The predicted octanol–water partition coefficient (Wildman–Crippen LogP) is 4.08. The van der Waals surface area contributed by atoms with Crippen LogP contribution in [0, 0.1) is 17.3 Å². The van der Waals surface area contributed by atoms with Crippen LogP contribution in [0.1, 0.15) is 69.8 Å². The standard InChI is InChI=1S/C25H28O5/c1-24-12-17(14-2-6-20-21(10-14)30-13-29-20)23-16(18(24)5-7-22(24)27)8-9-25(28)11-15(26)3-4-19(23)25/h2,6,10,16-18,28H,3-5,7-9,11-13H2,1H3/t16-,17+,18-,24-,25+/m0/s1. The number of allylic oxidation sites excluding steroid dienone is 1. The summed E-state index contributed by atoms with van der Waals surface area (Å²) in [4.78, 5) is 25.2. The molecule has 0 radical (unpaired) electrons. The fourth-order valence-corrected chi connectivity index (χ4v) is 7.30. The summed E-state index contributed by atoms with van der Waals surface area (Å²) >= 11 is 0. The number of carbonyl (C=O) groups is 2. The maximum absolute atomic E-state index is 13.0. The lowest BCUT2D eigenvalue weighted by atomic mass is 9.51. The molecule has 4 aliphatic carbocycles. The second kappa shape index (κ2) is 6.19. The van der Waals surface area contributed by atoms with Crippen molar-refractivity contribution >= 4 is 11.6 Å². The van der Waals surface area contributed by atoms with Crippen molar-refractivity contribution < 1.29 is 24.2 Å². The van der Waals surface area contributed by atoms with Crippen molar-refractivity contribution in [2.75, 3.05) is 6.79 Å². The summed E-state index contributed by atoms with van der Waals surface area (Å²) in [6, 6.07) is 6.11. The average molecular weight is 408 g/mol. The third-order valence-electron chi connectivity index (χ3n) is 8.75. The van der Waals surface area contributed by atoms with Crippen LogP contribution in [-0.2, 0) is 9.59 Å². The Morgan fingerprint density at radius 1 is 1.07 bits per heavy atom. The molecule has 1 aromatic carbocycles. The molecule has 0 bridgehead atoms. The van der Waals surface area contributed by atoms with Crippen molar-refractivity contribution in [2.45, 2.75) is 69.8 Å². The van der Waals surface area contributed by atoms with Gasteiger partial charge in [0.05, 0.1) is 5.60 Å². The van der Waals surface area contributed by atoms with E-state index in [1.807, 2.05) is 6.07 Å². The second-order valence-electron chi connectivity index (χ2n) is 10.2. The number of carbonyl (C=O) groups excluding carboxylic acids is 2. The topological polar surface area (TPSA) is 72.8 Å². The molecule has 6 rings (SSSR count). The Bertz CT molecular complexity index is 993. The maximum atomic E-state index is 13.0. The number of hydrogen-bond acceptors (Lipinski definition) is 5. The number of ether oxygens (including phenoxy) is 2. The zero-order valence-electron chi connectivity index (χ0n) is 17.4. The van der Waals surface area contributed by atoms with Crippen molar-refractivity contribution in [3.8, 4) is 11.5 Å². The molecule has 158 valence electrons. The lowest BCUT2D eigenvalue weighted by molar-refractivity contribution is -0.129. The Hall–Kier alpha value is -2.14. The van der Waals surface area contributed by atoms with Crippen molar-refractivity contribution in [3.05, 3.63) is 34.9 Å². The highest BCUT2D eigenvalue weighted by molar-refractivity contribution is 5.88. The van der Waals surface area contributed by atoms with E-state index in [1.54, 1.807) is 0 Å². The van der Waals surface area contributed by atoms with Crippen LogP contribution in [0.4, 0.5) is 0 Å². The molecule has 1 heterocycles. The Kier molecular flexibility index (Phi) is 3.84. The van der Waals surface area contributed by atoms with E-state index >= 15 is 0 Å². The molecule has 0 saturated heterocycles. The van der Waals surface area contributed by atoms with Gasteiger partial charge >= 0.3 is 0 Å². The minimum atomic E-state index is -0.994. The van der Waals surface area contributed by atoms with Crippen molar-refractivity contribution in [3.63, 3.8) is 0 Å². The van der Waals surface area contributed by atoms with Gasteiger partial charge in [0, 0.05) is 30.6 Å². The molecule has 1 aromatic rings. The summed E-state index contributed by atoms with van der Waals surface area (Å²) < 4.78 is 11.1. The van der Waals surface area contributed by atoms with E-state index in [0.717, 1.165) is 41.9 Å². The molecule has 3 saturated carbocycles. The minimum Gasteiger partial charge on any atom is -0.454 e. The second-order valence-corrected chi connectivity index (χ2v) is 10.2. The van der Waals surface area contributed by atoms with Gasteiger partial charge in [-0.05, 0) is 67.2 Å². The average Bonchev–Trinajstić information content (AvgIpc) is 3.30. The molecule has 5 heteroatoms. The molecule has 1 aliphatic heterocycles. The number of hydrogen-bond donors (Lipinski definition) is 1. The van der Waals surface area contributed by atoms with E-state index in [2.05, 4.69) is 19.1 Å². The third-order valence-corrected chi connectivity index (χ3v) is 8.75. The van der Waals surface area contributed by atoms with Crippen LogP contribution >= 0.6 is 0 Å². The van der Waals surface area contributed by atoms with Gasteiger partial charge in [0.2, 0.25) is 6.79 Å². The number of rotatable bonds is 1. The number of ketones is 2. The Morgan fingerprint density at radius 3 is 2.77 bits per heavy atom. The zero-order chi connectivity index (χ0) is 20.7. The lowest BCUT2D eigenvalue weighted by Crippen LogP contribution is -2.49. The van der Waals surface area contributed by atoms with Crippen molar-refractivity contribution in [1.29, 1.82) is 0 Å². The minimum absolute atomic E-state index is 0.0721. The van der Waals surface area contributed by atoms with Crippen LogP contribution in [0.15, 0.2) is 29.3 Å². The van der Waals surface area contributed by atoms with Crippen LogP contribution in [-0.4, -0.2) is 29.1 Å². The molecular formula is C25H28O5. The van der Waals surface area contributed by atoms with Gasteiger partial charge in [-0.15, -0.1) is 0 Å². The summed E-state index contributed by atoms with van der Waals surface area (Å²) in [5.41, 5.74) is 2.25. The SMILES string of the molecule is C[C@]12C[C@H](c3ccc4c(c3)OCO4)C3=C4CCC(=O)C[C@]4(O)CC[C@H]3[C@@H]1CCC2=O. The molecular weight excluding hydrogens is 380 g/mol. The van der Waals surface area contributed by atoms with Gasteiger partial charge < -0.3 is 14.6 Å². The number of benzene rings is 1. The van der Waals surface area contributed by atoms with E-state index in [0.29, 0.717) is 43.3 Å². The van der Waals surface area contributed by atoms with Gasteiger partial charge in [-0.25, -0.2) is 0 Å². The van der Waals surface area contributed by atoms with Crippen LogP contribution in [0.25, 0.3) is 0 Å². The van der Waals surface area contributed by atoms with E-state index in [1.165, 1.54) is 5.57 Å². The summed E-state index contributed by atoms with van der Waals surface area (Å²) in [6.45, 7) is 2.40. The Balaban J connectivity index is 1.53. The number of fused-ring (bicyclic) bond motifs is 5. The van der Waals surface area contributed by atoms with Crippen LogP contribution in [0.3, 0.4) is 0 Å². The molecule has 5 atom stereocenters. The fourth-order valence-electron chi connectivity index (χ4n) is 7.30. The fraction of sp³-hybridized carbons (Fsp3) is 0.600. The molecule has 0 spiro atoms. The summed E-state index contributed by atoms with van der Waals surface area (Å²) in [5, 5.41) is 11.5. The maximum Gasteiger partial charge on any atom is 0.231 e. The predicted molar refractivity (Wildman–Crippen MR) is 109 cm³/mol. The third kappa shape index (κ3) is 2.44. The smallest absolute Gasteiger partial charge is 0.231 e. The van der Waals surface area contributed by atoms with Gasteiger partial charge in [-0.1, -0.05) is 18.6 Å². The van der Waals surface area contributed by atoms with Gasteiger partial charge in [-0.2, -0.15) is 0 Å². The normalized spacial score (nSPS) is 39.6. The molecule has 30 heavy (non-hydrogen) atoms. The molecule has 5 nitrogen and oxygen atoms in total. The Morgan fingerprint density at radius 2 is 1.90 bits per heavy atom. The van der Waals surface area contributed by atoms with E-state index in [9.17, 15) is 14.7 Å². The van der Waals surface area contributed by atoms with E-state index < -0.39 is 5.60 Å². The number of Topliss-reactive ketones (excluding diaryl/α,β-unsaturated/α-hetero) is 2. The zero-order valence-corrected chi connectivity index (χ0v) is 17.4. The largest absolute Gasteiger partial charge is 0.454 e. The molecule has 5 aliphatic rings. The molecule has 1 N–H and O–H groups in total. The summed E-state index contributed by atoms with van der Waals surface area (Å²) in [7, 11) is 0. The quantitative estimate of drug-likeness (QED) is 0.709. The first-order valence-electron chi connectivity index (χ1n) is 11.3. The van der Waals surface area contributed by atoms with Crippen LogP contribution in [0.5, 0.6) is 11.5 Å². The van der Waals surface area contributed by atoms with Gasteiger partial charge in [0.1, 0.15) is 11.6 Å². The van der Waals surface area contributed by atoms with Crippen LogP contribution < -0.4 is 9.47 Å². The first-order valence-corrected chi connectivity index (χ1v) is 11.3. The Labute approximate surface area is 176 Å². The molecule has 0 aromatic heterocycles. The first kappa shape index (κ1) is 18.6. The van der Waals surface area contributed by atoms with Gasteiger partial charge in [0.25, 0.3) is 0 Å². The van der Waals surface area contributed by atoms with Crippen molar-refractivity contribution in [2.24, 2.45) is 17.3 Å². The monoisotopic (exact) mass is 408 g/mol. The summed E-state index contributed by atoms with van der Waals surface area (Å²) in [5.74, 6) is 2.80. The number of aliphatic hydroxyl groups is 1. The highest BCUT2D eigenvalue weighted by Crippen LogP contribution is 2.63. The van der Waals surface area contributed by atoms with E-state index in [-0.39, 0.29) is 30.3 Å². The molecule has 3 fully saturated rings.